The lowest BCUT2D eigenvalue weighted by Gasteiger charge is -1.99. The van der Waals surface area contributed by atoms with Crippen LogP contribution in [-0.4, -0.2) is 10.7 Å². The van der Waals surface area contributed by atoms with Crippen LogP contribution in [0.2, 0.25) is 0 Å². The maximum absolute atomic E-state index is 4.25. The third kappa shape index (κ3) is 18.2. The molecule has 0 aromatic carbocycles. The Hall–Kier alpha value is -0.150. The SMILES string of the molecule is CCCCCCCCCC.CCCCCCSSc1ccccn1. The van der Waals surface area contributed by atoms with Crippen LogP contribution in [0.15, 0.2) is 29.4 Å². The number of aromatic nitrogens is 1. The molecule has 1 heterocycles. The molecule has 0 unspecified atom stereocenters. The smallest absolute Gasteiger partial charge is 0.106 e. The topological polar surface area (TPSA) is 12.9 Å². The Balaban J connectivity index is 0.000000470. The average Bonchev–Trinajstić information content (AvgIpc) is 2.62. The second kappa shape index (κ2) is 20.9. The fourth-order valence-corrected chi connectivity index (χ4v) is 4.32. The Morgan fingerprint density at radius 2 is 1.25 bits per heavy atom. The van der Waals surface area contributed by atoms with Crippen molar-refractivity contribution in [3.8, 4) is 0 Å². The fourth-order valence-electron chi connectivity index (χ4n) is 2.29. The number of unbranched alkanes of at least 4 members (excludes halogenated alkanes) is 10. The van der Waals surface area contributed by atoms with Crippen molar-refractivity contribution < 1.29 is 0 Å². The van der Waals surface area contributed by atoms with Crippen LogP contribution in [0, 0.1) is 0 Å². The summed E-state index contributed by atoms with van der Waals surface area (Å²) in [5.41, 5.74) is 0. The summed E-state index contributed by atoms with van der Waals surface area (Å²) in [5, 5.41) is 1.12. The zero-order valence-corrected chi connectivity index (χ0v) is 17.9. The highest BCUT2D eigenvalue weighted by Crippen LogP contribution is 2.29. The predicted octanol–water partition coefficient (Wildman–Crippen LogP) is 8.55. The lowest BCUT2D eigenvalue weighted by molar-refractivity contribution is 0.585. The second-order valence-corrected chi connectivity index (χ2v) is 8.69. The van der Waals surface area contributed by atoms with Gasteiger partial charge in [-0.1, -0.05) is 108 Å². The molecule has 0 aliphatic rings. The Kier molecular flexibility index (Phi) is 20.8. The van der Waals surface area contributed by atoms with Crippen LogP contribution in [-0.2, 0) is 0 Å². The van der Waals surface area contributed by atoms with Crippen molar-refractivity contribution in [2.45, 2.75) is 103 Å². The van der Waals surface area contributed by atoms with Gasteiger partial charge < -0.3 is 0 Å². The van der Waals surface area contributed by atoms with E-state index in [9.17, 15) is 0 Å². The number of nitrogens with zero attached hydrogens (tertiary/aromatic N) is 1. The highest BCUT2D eigenvalue weighted by Gasteiger charge is 1.94. The van der Waals surface area contributed by atoms with Gasteiger partial charge in [-0.05, 0) is 29.3 Å². The molecule has 0 atom stereocenters. The molecule has 1 aromatic heterocycles. The molecule has 1 rings (SSSR count). The largest absolute Gasteiger partial charge is 0.249 e. The third-order valence-electron chi connectivity index (χ3n) is 3.82. The van der Waals surface area contributed by atoms with Crippen molar-refractivity contribution in [1.82, 2.24) is 4.98 Å². The molecule has 0 fully saturated rings. The summed E-state index contributed by atoms with van der Waals surface area (Å²) in [6, 6.07) is 6.05. The lowest BCUT2D eigenvalue weighted by Crippen LogP contribution is -1.79. The van der Waals surface area contributed by atoms with Crippen molar-refractivity contribution in [2.75, 3.05) is 5.75 Å². The molecule has 0 N–H and O–H groups in total. The molecule has 3 heteroatoms. The van der Waals surface area contributed by atoms with Crippen LogP contribution in [0.25, 0.3) is 0 Å². The maximum Gasteiger partial charge on any atom is 0.106 e. The zero-order chi connectivity index (χ0) is 17.7. The van der Waals surface area contributed by atoms with E-state index in [1.807, 2.05) is 29.1 Å². The van der Waals surface area contributed by atoms with Crippen molar-refractivity contribution in [3.05, 3.63) is 24.4 Å². The number of pyridine rings is 1. The molecular formula is C21H39NS2. The van der Waals surface area contributed by atoms with Gasteiger partial charge in [-0.2, -0.15) is 0 Å². The molecule has 1 nitrogen and oxygen atoms in total. The average molecular weight is 370 g/mol. The highest BCUT2D eigenvalue weighted by molar-refractivity contribution is 8.76. The lowest BCUT2D eigenvalue weighted by atomic mass is 10.1. The minimum Gasteiger partial charge on any atom is -0.249 e. The van der Waals surface area contributed by atoms with Gasteiger partial charge >= 0.3 is 0 Å². The second-order valence-electron chi connectivity index (χ2n) is 6.26. The molecule has 0 saturated carbocycles. The van der Waals surface area contributed by atoms with Gasteiger partial charge in [0.05, 0.1) is 0 Å². The van der Waals surface area contributed by atoms with Gasteiger partial charge in [0.2, 0.25) is 0 Å². The van der Waals surface area contributed by atoms with Crippen LogP contribution in [0.3, 0.4) is 0 Å². The normalized spacial score (nSPS) is 10.3. The monoisotopic (exact) mass is 369 g/mol. The quantitative estimate of drug-likeness (QED) is 0.241. The molecule has 140 valence electrons. The maximum atomic E-state index is 4.25. The van der Waals surface area contributed by atoms with Gasteiger partial charge in [-0.25, -0.2) is 4.98 Å². The molecule has 0 radical (unpaired) electrons. The first kappa shape index (κ1) is 23.9. The summed E-state index contributed by atoms with van der Waals surface area (Å²) in [7, 11) is 3.69. The first-order valence-electron chi connectivity index (χ1n) is 10.1. The minimum absolute atomic E-state index is 1.12. The van der Waals surface area contributed by atoms with Crippen LogP contribution in [0.1, 0.15) is 97.8 Å². The molecule has 0 bridgehead atoms. The molecule has 1 aromatic rings. The summed E-state index contributed by atoms with van der Waals surface area (Å²) in [6.07, 6.45) is 18.7. The van der Waals surface area contributed by atoms with Gasteiger partial charge in [-0.15, -0.1) is 0 Å². The standard InChI is InChI=1S/C11H17NS2.C10H22/c1-2-3-4-7-10-13-14-11-8-5-6-9-12-11;1-3-5-7-9-10-8-6-4-2/h5-6,8-9H,2-4,7,10H2,1H3;3-10H2,1-2H3. The summed E-state index contributed by atoms with van der Waals surface area (Å²) in [5.74, 6) is 1.24. The first-order valence-corrected chi connectivity index (χ1v) is 12.4. The van der Waals surface area contributed by atoms with E-state index >= 15 is 0 Å². The van der Waals surface area contributed by atoms with Gasteiger partial charge in [-0.3, -0.25) is 0 Å². The molecule has 0 spiro atoms. The summed E-state index contributed by atoms with van der Waals surface area (Å²) in [6.45, 7) is 6.79. The van der Waals surface area contributed by atoms with E-state index in [-0.39, 0.29) is 0 Å². The molecule has 0 aliphatic carbocycles. The van der Waals surface area contributed by atoms with Crippen molar-refractivity contribution in [2.24, 2.45) is 0 Å². The van der Waals surface area contributed by atoms with E-state index in [1.54, 1.807) is 10.8 Å². The van der Waals surface area contributed by atoms with Crippen molar-refractivity contribution in [3.63, 3.8) is 0 Å². The van der Waals surface area contributed by atoms with E-state index in [0.29, 0.717) is 0 Å². The number of hydrogen-bond acceptors (Lipinski definition) is 3. The fraction of sp³-hybridized carbons (Fsp3) is 0.762. The van der Waals surface area contributed by atoms with Gasteiger partial charge in [0, 0.05) is 11.9 Å². The Morgan fingerprint density at radius 1 is 0.708 bits per heavy atom. The summed E-state index contributed by atoms with van der Waals surface area (Å²) < 4.78 is 0. The zero-order valence-electron chi connectivity index (χ0n) is 16.3. The molecule has 0 aliphatic heterocycles. The summed E-state index contributed by atoms with van der Waals surface area (Å²) >= 11 is 0. The molecule has 0 amide bonds. The van der Waals surface area contributed by atoms with E-state index in [2.05, 4.69) is 31.8 Å². The minimum atomic E-state index is 1.12. The Labute approximate surface area is 159 Å². The van der Waals surface area contributed by atoms with E-state index in [4.69, 9.17) is 0 Å². The van der Waals surface area contributed by atoms with E-state index in [1.165, 1.54) is 82.8 Å². The van der Waals surface area contributed by atoms with Gasteiger partial charge in [0.25, 0.3) is 0 Å². The van der Waals surface area contributed by atoms with Crippen LogP contribution in [0.4, 0.5) is 0 Å². The molecule has 24 heavy (non-hydrogen) atoms. The van der Waals surface area contributed by atoms with E-state index in [0.717, 1.165) is 5.03 Å². The van der Waals surface area contributed by atoms with Crippen LogP contribution in [0.5, 0.6) is 0 Å². The van der Waals surface area contributed by atoms with Gasteiger partial charge in [0.15, 0.2) is 0 Å². The van der Waals surface area contributed by atoms with Crippen molar-refractivity contribution in [1.29, 1.82) is 0 Å². The molecule has 0 saturated heterocycles. The third-order valence-corrected chi connectivity index (χ3v) is 6.17. The predicted molar refractivity (Wildman–Crippen MR) is 115 cm³/mol. The number of hydrogen-bond donors (Lipinski definition) is 0. The van der Waals surface area contributed by atoms with Crippen LogP contribution >= 0.6 is 21.6 Å². The van der Waals surface area contributed by atoms with Crippen LogP contribution < -0.4 is 0 Å². The first-order chi connectivity index (χ1) is 11.8. The Bertz CT molecular complexity index is 322. The van der Waals surface area contributed by atoms with E-state index < -0.39 is 0 Å². The highest BCUT2D eigenvalue weighted by atomic mass is 33.1. The van der Waals surface area contributed by atoms with Crippen molar-refractivity contribution >= 4 is 21.6 Å². The molecular weight excluding hydrogens is 330 g/mol. The van der Waals surface area contributed by atoms with Gasteiger partial charge in [0.1, 0.15) is 5.03 Å². The number of rotatable bonds is 14. The Morgan fingerprint density at radius 3 is 1.75 bits per heavy atom. The summed E-state index contributed by atoms with van der Waals surface area (Å²) in [4.78, 5) is 4.25.